The Balaban J connectivity index is 2.89. The maximum Gasteiger partial charge on any atom is 0.0701 e. The minimum atomic E-state index is 0.178. The van der Waals surface area contributed by atoms with Crippen molar-refractivity contribution in [2.24, 2.45) is 5.73 Å². The lowest BCUT2D eigenvalue weighted by Gasteiger charge is -2.08. The molecule has 0 rings (SSSR count). The molecule has 0 aliphatic carbocycles. The Morgan fingerprint density at radius 1 is 1.40 bits per heavy atom. The molecule has 0 saturated heterocycles. The zero-order valence-electron chi connectivity index (χ0n) is 6.80. The van der Waals surface area contributed by atoms with Crippen LogP contribution in [0.4, 0.5) is 0 Å². The van der Waals surface area contributed by atoms with Crippen LogP contribution in [0.5, 0.6) is 0 Å². The topological polar surface area (TPSA) is 44.5 Å². The Labute approximate surface area is 62.5 Å². The molecule has 3 nitrogen and oxygen atoms in total. The lowest BCUT2D eigenvalue weighted by molar-refractivity contribution is 0.0632. The molecule has 0 aliphatic heterocycles. The van der Waals surface area contributed by atoms with Gasteiger partial charge in [0.1, 0.15) is 0 Å². The van der Waals surface area contributed by atoms with Crippen LogP contribution in [0.1, 0.15) is 13.3 Å². The van der Waals surface area contributed by atoms with E-state index in [9.17, 15) is 0 Å². The van der Waals surface area contributed by atoms with Crippen LogP contribution in [0.3, 0.4) is 0 Å². The number of ether oxygens (including phenoxy) is 2. The Hall–Kier alpha value is -0.120. The van der Waals surface area contributed by atoms with Crippen molar-refractivity contribution in [3.8, 4) is 0 Å². The van der Waals surface area contributed by atoms with Gasteiger partial charge in [0.25, 0.3) is 0 Å². The van der Waals surface area contributed by atoms with Crippen molar-refractivity contribution in [1.82, 2.24) is 0 Å². The largest absolute Gasteiger partial charge is 0.382 e. The summed E-state index contributed by atoms with van der Waals surface area (Å²) in [6, 6.07) is 0.178. The van der Waals surface area contributed by atoms with Crippen LogP contribution in [0.2, 0.25) is 0 Å². The second-order valence-corrected chi connectivity index (χ2v) is 2.24. The lowest BCUT2D eigenvalue weighted by Crippen LogP contribution is -2.25. The molecule has 2 N–H and O–H groups in total. The van der Waals surface area contributed by atoms with Gasteiger partial charge in [-0.05, 0) is 6.42 Å². The molecule has 0 aromatic carbocycles. The van der Waals surface area contributed by atoms with E-state index >= 15 is 0 Å². The van der Waals surface area contributed by atoms with Crippen molar-refractivity contribution in [3.63, 3.8) is 0 Å². The number of rotatable bonds is 6. The first-order valence-electron chi connectivity index (χ1n) is 3.63. The maximum absolute atomic E-state index is 5.59. The fraction of sp³-hybridized carbons (Fsp3) is 1.00. The van der Waals surface area contributed by atoms with Crippen molar-refractivity contribution >= 4 is 0 Å². The molecule has 3 heteroatoms. The van der Waals surface area contributed by atoms with Crippen LogP contribution in [0.25, 0.3) is 0 Å². The Morgan fingerprint density at radius 2 is 2.10 bits per heavy atom. The summed E-state index contributed by atoms with van der Waals surface area (Å²) < 4.78 is 9.97. The summed E-state index contributed by atoms with van der Waals surface area (Å²) in [6.07, 6.45) is 0.965. The molecule has 0 amide bonds. The highest BCUT2D eigenvalue weighted by Crippen LogP contribution is 1.86. The van der Waals surface area contributed by atoms with Gasteiger partial charge in [-0.1, -0.05) is 6.92 Å². The van der Waals surface area contributed by atoms with Gasteiger partial charge in [-0.25, -0.2) is 0 Å². The van der Waals surface area contributed by atoms with E-state index in [-0.39, 0.29) is 6.04 Å². The summed E-state index contributed by atoms with van der Waals surface area (Å²) in [5, 5.41) is 0. The van der Waals surface area contributed by atoms with Crippen LogP contribution in [0.15, 0.2) is 0 Å². The summed E-state index contributed by atoms with van der Waals surface area (Å²) in [4.78, 5) is 0. The summed E-state index contributed by atoms with van der Waals surface area (Å²) >= 11 is 0. The van der Waals surface area contributed by atoms with E-state index in [1.165, 1.54) is 0 Å². The van der Waals surface area contributed by atoms with Crippen molar-refractivity contribution in [2.45, 2.75) is 19.4 Å². The summed E-state index contributed by atoms with van der Waals surface area (Å²) in [6.45, 7) is 3.98. The van der Waals surface area contributed by atoms with Gasteiger partial charge in [-0.3, -0.25) is 0 Å². The summed E-state index contributed by atoms with van der Waals surface area (Å²) in [5.41, 5.74) is 5.59. The second-order valence-electron chi connectivity index (χ2n) is 2.24. The third-order valence-corrected chi connectivity index (χ3v) is 1.29. The van der Waals surface area contributed by atoms with E-state index in [2.05, 4.69) is 0 Å². The van der Waals surface area contributed by atoms with Crippen molar-refractivity contribution in [2.75, 3.05) is 26.9 Å². The van der Waals surface area contributed by atoms with E-state index in [1.807, 2.05) is 6.92 Å². The summed E-state index contributed by atoms with van der Waals surface area (Å²) in [7, 11) is 1.66. The van der Waals surface area contributed by atoms with E-state index in [1.54, 1.807) is 7.11 Å². The normalized spacial score (nSPS) is 13.5. The quantitative estimate of drug-likeness (QED) is 0.553. The average molecular weight is 147 g/mol. The molecule has 0 heterocycles. The van der Waals surface area contributed by atoms with E-state index in [0.717, 1.165) is 6.42 Å². The van der Waals surface area contributed by atoms with E-state index < -0.39 is 0 Å². The molecule has 0 radical (unpaired) electrons. The molecule has 1 atom stereocenters. The smallest absolute Gasteiger partial charge is 0.0701 e. The first kappa shape index (κ1) is 9.88. The van der Waals surface area contributed by atoms with Gasteiger partial charge in [-0.2, -0.15) is 0 Å². The highest BCUT2D eigenvalue weighted by atomic mass is 16.5. The fourth-order valence-corrected chi connectivity index (χ4v) is 0.495. The van der Waals surface area contributed by atoms with Crippen LogP contribution in [-0.2, 0) is 9.47 Å². The predicted octanol–water partition coefficient (Wildman–Crippen LogP) is 0.387. The SMILES string of the molecule is CC[C@@H](N)COCCOC. The highest BCUT2D eigenvalue weighted by Gasteiger charge is 1.96. The number of hydrogen-bond donors (Lipinski definition) is 1. The molecule has 0 bridgehead atoms. The third-order valence-electron chi connectivity index (χ3n) is 1.29. The molecular formula is C7H17NO2. The van der Waals surface area contributed by atoms with Gasteiger partial charge >= 0.3 is 0 Å². The van der Waals surface area contributed by atoms with E-state index in [0.29, 0.717) is 19.8 Å². The Morgan fingerprint density at radius 3 is 2.60 bits per heavy atom. The maximum atomic E-state index is 5.59. The predicted molar refractivity (Wildman–Crippen MR) is 41.0 cm³/mol. The minimum absolute atomic E-state index is 0.178. The van der Waals surface area contributed by atoms with Gasteiger partial charge < -0.3 is 15.2 Å². The first-order valence-corrected chi connectivity index (χ1v) is 3.63. The molecule has 0 fully saturated rings. The molecule has 0 spiro atoms. The fourth-order valence-electron chi connectivity index (χ4n) is 0.495. The Bertz CT molecular complexity index is 68.6. The van der Waals surface area contributed by atoms with E-state index in [4.69, 9.17) is 15.2 Å². The van der Waals surface area contributed by atoms with Gasteiger partial charge in [0, 0.05) is 13.2 Å². The number of hydrogen-bond acceptors (Lipinski definition) is 3. The lowest BCUT2D eigenvalue weighted by atomic mass is 10.3. The second kappa shape index (κ2) is 6.99. The molecule has 0 aromatic heterocycles. The van der Waals surface area contributed by atoms with Gasteiger partial charge in [-0.15, -0.1) is 0 Å². The zero-order valence-corrected chi connectivity index (χ0v) is 6.80. The average Bonchev–Trinajstić information content (AvgIpc) is 1.98. The van der Waals surface area contributed by atoms with Crippen molar-refractivity contribution in [1.29, 1.82) is 0 Å². The number of methoxy groups -OCH3 is 1. The van der Waals surface area contributed by atoms with Crippen molar-refractivity contribution in [3.05, 3.63) is 0 Å². The highest BCUT2D eigenvalue weighted by molar-refractivity contribution is 4.54. The summed E-state index contributed by atoms with van der Waals surface area (Å²) in [5.74, 6) is 0. The van der Waals surface area contributed by atoms with Gasteiger partial charge in [0.2, 0.25) is 0 Å². The first-order chi connectivity index (χ1) is 4.81. The molecule has 0 aliphatic rings. The Kier molecular flexibility index (Phi) is 6.91. The molecule has 0 saturated carbocycles. The number of nitrogens with two attached hydrogens (primary N) is 1. The molecule has 62 valence electrons. The van der Waals surface area contributed by atoms with Gasteiger partial charge in [0.15, 0.2) is 0 Å². The zero-order chi connectivity index (χ0) is 7.82. The van der Waals surface area contributed by atoms with Crippen LogP contribution in [0, 0.1) is 0 Å². The van der Waals surface area contributed by atoms with Crippen LogP contribution >= 0.6 is 0 Å². The van der Waals surface area contributed by atoms with Gasteiger partial charge in [0.05, 0.1) is 19.8 Å². The van der Waals surface area contributed by atoms with Crippen LogP contribution in [-0.4, -0.2) is 33.0 Å². The molecule has 10 heavy (non-hydrogen) atoms. The monoisotopic (exact) mass is 147 g/mol. The van der Waals surface area contributed by atoms with Crippen LogP contribution < -0.4 is 5.73 Å². The molecule has 0 unspecified atom stereocenters. The standard InChI is InChI=1S/C7H17NO2/c1-3-7(8)6-10-5-4-9-2/h7H,3-6,8H2,1-2H3/t7-/m1/s1. The molecular weight excluding hydrogens is 130 g/mol. The third kappa shape index (κ3) is 6.01. The molecule has 0 aromatic rings. The van der Waals surface area contributed by atoms with Crippen molar-refractivity contribution < 1.29 is 9.47 Å². The minimum Gasteiger partial charge on any atom is -0.382 e.